The zero-order chi connectivity index (χ0) is 14.3. The fourth-order valence-corrected chi connectivity index (χ4v) is 4.10. The van der Waals surface area contributed by atoms with Crippen LogP contribution in [0.25, 0.3) is 10.1 Å². The van der Waals surface area contributed by atoms with Crippen molar-refractivity contribution in [3.8, 4) is 0 Å². The van der Waals surface area contributed by atoms with Crippen LogP contribution in [0, 0.1) is 0 Å². The molecule has 0 unspecified atom stereocenters. The maximum absolute atomic E-state index is 12.2. The van der Waals surface area contributed by atoms with Gasteiger partial charge in [-0.3, -0.25) is 0 Å². The van der Waals surface area contributed by atoms with Crippen molar-refractivity contribution >= 4 is 39.0 Å². The standard InChI is InChI=1S/C15H16ClNO2S/c1-3-19-15(18)14-10-8-17(2)7-6-9-11(16)4-5-12(20-14)13(9)10/h4-5H,3,6-8H2,1-2H3/i14+2. The number of halogens is 1. The smallest absolute Gasteiger partial charge is 0.348 e. The lowest BCUT2D eigenvalue weighted by Crippen LogP contribution is -2.19. The first-order valence-electron chi connectivity index (χ1n) is 6.70. The molecule has 1 aromatic carbocycles. The van der Waals surface area contributed by atoms with Crippen LogP contribution in [0.3, 0.4) is 0 Å². The fraction of sp³-hybridized carbons (Fsp3) is 0.400. The second-order valence-corrected chi connectivity index (χ2v) is 6.48. The van der Waals surface area contributed by atoms with Gasteiger partial charge in [-0.2, -0.15) is 0 Å². The molecule has 0 aliphatic carbocycles. The molecule has 0 bridgehead atoms. The molecule has 0 N–H and O–H groups in total. The van der Waals surface area contributed by atoms with E-state index in [1.54, 1.807) is 0 Å². The zero-order valence-electron chi connectivity index (χ0n) is 11.5. The number of rotatable bonds is 2. The van der Waals surface area contributed by atoms with Crippen LogP contribution in [0.15, 0.2) is 12.1 Å². The molecule has 0 saturated carbocycles. The molecule has 1 aliphatic rings. The number of carbonyl (C=O) groups excluding carboxylic acids is 1. The number of thiophene rings is 1. The molecule has 5 heteroatoms. The van der Waals surface area contributed by atoms with E-state index in [1.807, 2.05) is 19.1 Å². The molecule has 2 aromatic rings. The van der Waals surface area contributed by atoms with Crippen molar-refractivity contribution in [2.24, 2.45) is 0 Å². The van der Waals surface area contributed by atoms with E-state index in [1.165, 1.54) is 11.3 Å². The van der Waals surface area contributed by atoms with E-state index in [9.17, 15) is 4.79 Å². The van der Waals surface area contributed by atoms with Gasteiger partial charge in [-0.15, -0.1) is 11.3 Å². The monoisotopic (exact) mass is 311 g/mol. The van der Waals surface area contributed by atoms with E-state index in [2.05, 4.69) is 11.9 Å². The second-order valence-electron chi connectivity index (χ2n) is 5.02. The molecule has 0 amide bonds. The first-order valence-corrected chi connectivity index (χ1v) is 7.89. The summed E-state index contributed by atoms with van der Waals surface area (Å²) in [5, 5.41) is 1.96. The van der Waals surface area contributed by atoms with Crippen LogP contribution in [0.1, 0.15) is 27.7 Å². The maximum Gasteiger partial charge on any atom is 0.348 e. The number of nitrogens with zero attached hydrogens (tertiary/aromatic N) is 1. The summed E-state index contributed by atoms with van der Waals surface area (Å²) in [5.74, 6) is -0.221. The van der Waals surface area contributed by atoms with Crippen LogP contribution in [0.5, 0.6) is 0 Å². The van der Waals surface area contributed by atoms with E-state index in [0.717, 1.165) is 50.6 Å². The highest BCUT2D eigenvalue weighted by Gasteiger charge is 2.25. The van der Waals surface area contributed by atoms with Crippen LogP contribution in [0.2, 0.25) is 5.02 Å². The zero-order valence-corrected chi connectivity index (χ0v) is 13.1. The molecule has 0 saturated heterocycles. The van der Waals surface area contributed by atoms with Crippen LogP contribution >= 0.6 is 22.9 Å². The van der Waals surface area contributed by atoms with E-state index in [0.29, 0.717) is 6.61 Å². The molecule has 2 heterocycles. The molecule has 3 rings (SSSR count). The summed E-state index contributed by atoms with van der Waals surface area (Å²) in [7, 11) is 2.07. The van der Waals surface area contributed by atoms with Gasteiger partial charge in [0.2, 0.25) is 0 Å². The van der Waals surface area contributed by atoms with Gasteiger partial charge in [-0.05, 0) is 43.7 Å². The maximum atomic E-state index is 12.2. The van der Waals surface area contributed by atoms with E-state index in [-0.39, 0.29) is 5.97 Å². The van der Waals surface area contributed by atoms with Crippen LogP contribution < -0.4 is 0 Å². The summed E-state index contributed by atoms with van der Waals surface area (Å²) in [6.07, 6.45) is 0.915. The molecule has 0 atom stereocenters. The van der Waals surface area contributed by atoms with Crippen molar-refractivity contribution < 1.29 is 9.53 Å². The van der Waals surface area contributed by atoms with Crippen LogP contribution in [0.4, 0.5) is 0 Å². The number of benzene rings is 1. The van der Waals surface area contributed by atoms with Crippen molar-refractivity contribution in [1.82, 2.24) is 4.90 Å². The van der Waals surface area contributed by atoms with Gasteiger partial charge in [0.1, 0.15) is 4.88 Å². The minimum absolute atomic E-state index is 0.221. The van der Waals surface area contributed by atoms with Crippen molar-refractivity contribution in [2.45, 2.75) is 19.9 Å². The highest BCUT2D eigenvalue weighted by molar-refractivity contribution is 7.21. The van der Waals surface area contributed by atoms with Gasteiger partial charge in [0.15, 0.2) is 0 Å². The van der Waals surface area contributed by atoms with Crippen LogP contribution in [-0.2, 0) is 17.7 Å². The number of esters is 1. The molecule has 1 aromatic heterocycles. The Labute approximate surface area is 127 Å². The van der Waals surface area contributed by atoms with Gasteiger partial charge in [0.25, 0.3) is 0 Å². The van der Waals surface area contributed by atoms with Gasteiger partial charge < -0.3 is 9.64 Å². The third kappa shape index (κ3) is 2.22. The minimum Gasteiger partial charge on any atom is -0.462 e. The topological polar surface area (TPSA) is 29.5 Å². The number of hydrogen-bond donors (Lipinski definition) is 0. The Kier molecular flexibility index (Phi) is 3.71. The van der Waals surface area contributed by atoms with Crippen molar-refractivity contribution in [3.63, 3.8) is 0 Å². The Morgan fingerprint density at radius 2 is 2.35 bits per heavy atom. The third-order valence-corrected chi connectivity index (χ3v) is 5.17. The summed E-state index contributed by atoms with van der Waals surface area (Å²) in [6.45, 7) is 3.94. The largest absolute Gasteiger partial charge is 0.462 e. The van der Waals surface area contributed by atoms with Gasteiger partial charge in [0.05, 0.1) is 6.61 Å². The number of likely N-dealkylation sites (N-methyl/N-ethyl adjacent to an activating group) is 1. The summed E-state index contributed by atoms with van der Waals surface area (Å²) in [4.78, 5) is 15.1. The first-order chi connectivity index (χ1) is 9.61. The van der Waals surface area contributed by atoms with E-state index >= 15 is 0 Å². The van der Waals surface area contributed by atoms with Gasteiger partial charge in [0, 0.05) is 28.2 Å². The molecule has 20 heavy (non-hydrogen) atoms. The Bertz CT molecular complexity index is 680. The Balaban J connectivity index is 2.25. The lowest BCUT2D eigenvalue weighted by molar-refractivity contribution is 0.0530. The molecular formula is C15H16ClNO2S. The summed E-state index contributed by atoms with van der Waals surface area (Å²) >= 11 is 7.86. The van der Waals surface area contributed by atoms with Crippen LogP contribution in [-0.4, -0.2) is 31.1 Å². The number of ether oxygens (including phenoxy) is 1. The van der Waals surface area contributed by atoms with Gasteiger partial charge in [-0.25, -0.2) is 4.79 Å². The molecule has 3 nitrogen and oxygen atoms in total. The molecule has 0 radical (unpaired) electrons. The quantitative estimate of drug-likeness (QED) is 0.792. The average Bonchev–Trinajstić information content (AvgIpc) is 2.67. The molecular weight excluding hydrogens is 296 g/mol. The SMILES string of the molecule is CCOC(=O)[14c]1sc2ccc(Cl)c3c2c1CN(C)CC3. The highest BCUT2D eigenvalue weighted by atomic mass is 35.5. The molecule has 0 spiro atoms. The lowest BCUT2D eigenvalue weighted by atomic mass is 10.1. The van der Waals surface area contributed by atoms with E-state index in [4.69, 9.17) is 16.3 Å². The van der Waals surface area contributed by atoms with Gasteiger partial charge >= 0.3 is 5.97 Å². The predicted molar refractivity (Wildman–Crippen MR) is 82.8 cm³/mol. The van der Waals surface area contributed by atoms with E-state index < -0.39 is 0 Å². The average molecular weight is 312 g/mol. The first kappa shape index (κ1) is 13.9. The molecule has 1 aliphatic heterocycles. The minimum atomic E-state index is -0.221. The summed E-state index contributed by atoms with van der Waals surface area (Å²) in [6, 6.07) is 3.93. The normalized spacial score (nSPS) is 15.3. The van der Waals surface area contributed by atoms with Crippen molar-refractivity contribution in [3.05, 3.63) is 33.2 Å². The van der Waals surface area contributed by atoms with Crippen molar-refractivity contribution in [2.75, 3.05) is 20.2 Å². The fourth-order valence-electron chi connectivity index (χ4n) is 2.71. The molecule has 0 fully saturated rings. The highest BCUT2D eigenvalue weighted by Crippen LogP contribution is 2.39. The number of hydrogen-bond acceptors (Lipinski definition) is 4. The third-order valence-electron chi connectivity index (χ3n) is 3.64. The Hall–Kier alpha value is -1.10. The second kappa shape index (κ2) is 5.35. The summed E-state index contributed by atoms with van der Waals surface area (Å²) < 4.78 is 6.31. The predicted octanol–water partition coefficient (Wildman–Crippen LogP) is 3.72. The molecule has 106 valence electrons. The Morgan fingerprint density at radius 1 is 1.55 bits per heavy atom. The lowest BCUT2D eigenvalue weighted by Gasteiger charge is -2.13. The number of carbonyl (C=O) groups is 1. The van der Waals surface area contributed by atoms with Gasteiger partial charge in [-0.1, -0.05) is 11.6 Å². The summed E-state index contributed by atoms with van der Waals surface area (Å²) in [5.41, 5.74) is 2.23. The van der Waals surface area contributed by atoms with Crippen molar-refractivity contribution in [1.29, 1.82) is 0 Å². The Morgan fingerprint density at radius 3 is 3.10 bits per heavy atom.